The van der Waals surface area contributed by atoms with Crippen LogP contribution in [0.15, 0.2) is 49.6 Å². The summed E-state index contributed by atoms with van der Waals surface area (Å²) >= 11 is 0. The van der Waals surface area contributed by atoms with E-state index in [0.717, 1.165) is 0 Å². The van der Waals surface area contributed by atoms with Crippen molar-refractivity contribution in [3.8, 4) is 5.75 Å². The van der Waals surface area contributed by atoms with Gasteiger partial charge in [-0.15, -0.1) is 0 Å². The molecule has 1 amide bonds. The van der Waals surface area contributed by atoms with Crippen molar-refractivity contribution in [1.29, 1.82) is 0 Å². The van der Waals surface area contributed by atoms with Crippen molar-refractivity contribution >= 4 is 28.9 Å². The average molecular weight is 367 g/mol. The third-order valence-corrected chi connectivity index (χ3v) is 3.58. The number of esters is 1. The molecule has 1 atom stereocenters. The number of carbonyl (C=O) groups excluding carboxylic acids is 2. The Bertz CT molecular complexity index is 967. The second-order valence-electron chi connectivity index (χ2n) is 5.48. The molecule has 9 nitrogen and oxygen atoms in total. The largest absolute Gasteiger partial charge is 0.490 e. The van der Waals surface area contributed by atoms with E-state index in [0.29, 0.717) is 29.1 Å². The maximum absolute atomic E-state index is 12.3. The average Bonchev–Trinajstić information content (AvgIpc) is 3.16. The number of fused-ring (bicyclic) bond motifs is 1. The fourth-order valence-electron chi connectivity index (χ4n) is 2.20. The number of H-pyrrole nitrogens is 1. The molecule has 0 aliphatic rings. The van der Waals surface area contributed by atoms with Gasteiger partial charge in [0.15, 0.2) is 17.6 Å². The standard InChI is InChI=1S/C18H17N5O4/c1-3-8-26-13-6-4-12(5-7-13)18(25)27-11(2)17(24)23-16-14-15(20-9-19-14)21-10-22-16/h3-7,9-11H,1,8H2,2H3,(H2,19,20,21,22,23,24). The summed E-state index contributed by atoms with van der Waals surface area (Å²) in [5.74, 6) is -0.287. The topological polar surface area (TPSA) is 119 Å². The summed E-state index contributed by atoms with van der Waals surface area (Å²) in [5, 5.41) is 2.59. The minimum atomic E-state index is -1.03. The summed E-state index contributed by atoms with van der Waals surface area (Å²) in [6, 6.07) is 6.40. The number of carbonyl (C=O) groups is 2. The molecule has 0 saturated heterocycles. The molecule has 3 aromatic rings. The van der Waals surface area contributed by atoms with Crippen molar-refractivity contribution in [1.82, 2.24) is 19.9 Å². The molecule has 27 heavy (non-hydrogen) atoms. The number of aromatic amines is 1. The Balaban J connectivity index is 1.61. The second-order valence-corrected chi connectivity index (χ2v) is 5.48. The molecule has 0 bridgehead atoms. The van der Waals surface area contributed by atoms with E-state index in [4.69, 9.17) is 9.47 Å². The molecule has 0 saturated carbocycles. The number of rotatable bonds is 7. The van der Waals surface area contributed by atoms with E-state index < -0.39 is 18.0 Å². The molecule has 3 rings (SSSR count). The van der Waals surface area contributed by atoms with Gasteiger partial charge in [-0.1, -0.05) is 12.7 Å². The molecule has 0 spiro atoms. The minimum absolute atomic E-state index is 0.258. The van der Waals surface area contributed by atoms with Crippen molar-refractivity contribution in [3.05, 3.63) is 55.1 Å². The molecule has 2 heterocycles. The summed E-state index contributed by atoms with van der Waals surface area (Å²) in [4.78, 5) is 39.3. The highest BCUT2D eigenvalue weighted by molar-refractivity contribution is 6.00. The number of hydrogen-bond donors (Lipinski definition) is 2. The van der Waals surface area contributed by atoms with Crippen molar-refractivity contribution in [2.45, 2.75) is 13.0 Å². The number of anilines is 1. The van der Waals surface area contributed by atoms with Crippen LogP contribution in [0, 0.1) is 0 Å². The third kappa shape index (κ3) is 4.27. The van der Waals surface area contributed by atoms with E-state index in [-0.39, 0.29) is 5.82 Å². The molecule has 138 valence electrons. The smallest absolute Gasteiger partial charge is 0.338 e. The molecule has 0 aliphatic heterocycles. The molecule has 2 N–H and O–H groups in total. The second kappa shape index (κ2) is 8.09. The molecule has 0 radical (unpaired) electrons. The summed E-state index contributed by atoms with van der Waals surface area (Å²) in [5.41, 5.74) is 1.21. The first-order valence-corrected chi connectivity index (χ1v) is 8.08. The maximum Gasteiger partial charge on any atom is 0.338 e. The number of aromatic nitrogens is 4. The van der Waals surface area contributed by atoms with E-state index in [2.05, 4.69) is 31.8 Å². The first-order chi connectivity index (χ1) is 13.1. The van der Waals surface area contributed by atoms with Gasteiger partial charge in [-0.3, -0.25) is 4.79 Å². The minimum Gasteiger partial charge on any atom is -0.490 e. The predicted molar refractivity (Wildman–Crippen MR) is 97.3 cm³/mol. The van der Waals surface area contributed by atoms with Gasteiger partial charge in [0.25, 0.3) is 5.91 Å². The zero-order valence-corrected chi connectivity index (χ0v) is 14.5. The molecular weight excluding hydrogens is 350 g/mol. The van der Waals surface area contributed by atoms with Gasteiger partial charge in [-0.25, -0.2) is 19.7 Å². The van der Waals surface area contributed by atoms with E-state index in [9.17, 15) is 9.59 Å². The van der Waals surface area contributed by atoms with Crippen LogP contribution in [0.4, 0.5) is 5.82 Å². The number of benzene rings is 1. The Morgan fingerprint density at radius 3 is 2.78 bits per heavy atom. The van der Waals surface area contributed by atoms with Crippen LogP contribution in [0.1, 0.15) is 17.3 Å². The van der Waals surface area contributed by atoms with Crippen LogP contribution >= 0.6 is 0 Å². The van der Waals surface area contributed by atoms with Crippen molar-refractivity contribution in [2.24, 2.45) is 0 Å². The van der Waals surface area contributed by atoms with Crippen LogP contribution in [0.5, 0.6) is 5.75 Å². The predicted octanol–water partition coefficient (Wildman–Crippen LogP) is 2.10. The van der Waals surface area contributed by atoms with Crippen LogP contribution < -0.4 is 10.1 Å². The number of imidazole rings is 1. The van der Waals surface area contributed by atoms with Crippen LogP contribution in [0.25, 0.3) is 11.2 Å². The summed E-state index contributed by atoms with van der Waals surface area (Å²) in [7, 11) is 0. The van der Waals surface area contributed by atoms with E-state index in [1.54, 1.807) is 30.3 Å². The Morgan fingerprint density at radius 1 is 1.26 bits per heavy atom. The SMILES string of the molecule is C=CCOc1ccc(C(=O)OC(C)C(=O)Nc2ncnc3nc[nH]c23)cc1. The van der Waals surface area contributed by atoms with Gasteiger partial charge in [-0.2, -0.15) is 0 Å². The first-order valence-electron chi connectivity index (χ1n) is 8.08. The number of nitrogens with one attached hydrogen (secondary N) is 2. The molecule has 2 aromatic heterocycles. The monoisotopic (exact) mass is 367 g/mol. The van der Waals surface area contributed by atoms with E-state index in [1.807, 2.05) is 0 Å². The first kappa shape index (κ1) is 18.1. The van der Waals surface area contributed by atoms with Gasteiger partial charge >= 0.3 is 5.97 Å². The number of ether oxygens (including phenoxy) is 2. The van der Waals surface area contributed by atoms with Gasteiger partial charge in [0.05, 0.1) is 11.9 Å². The number of hydrogen-bond acceptors (Lipinski definition) is 7. The van der Waals surface area contributed by atoms with Gasteiger partial charge < -0.3 is 19.8 Å². The van der Waals surface area contributed by atoms with Crippen LogP contribution in [-0.2, 0) is 9.53 Å². The fraction of sp³-hybridized carbons (Fsp3) is 0.167. The molecule has 0 aliphatic carbocycles. The quantitative estimate of drug-likeness (QED) is 0.485. The van der Waals surface area contributed by atoms with Crippen molar-refractivity contribution in [3.63, 3.8) is 0 Å². The lowest BCUT2D eigenvalue weighted by molar-refractivity contribution is -0.123. The van der Waals surface area contributed by atoms with Gasteiger partial charge in [0, 0.05) is 0 Å². The Labute approximate surface area is 154 Å². The number of amides is 1. The van der Waals surface area contributed by atoms with Gasteiger partial charge in [-0.05, 0) is 31.2 Å². The lowest BCUT2D eigenvalue weighted by atomic mass is 10.2. The summed E-state index contributed by atoms with van der Waals surface area (Å²) in [6.45, 7) is 5.40. The van der Waals surface area contributed by atoms with Crippen molar-refractivity contribution in [2.75, 3.05) is 11.9 Å². The summed E-state index contributed by atoms with van der Waals surface area (Å²) < 4.78 is 10.6. The number of nitrogens with zero attached hydrogens (tertiary/aromatic N) is 3. The lowest BCUT2D eigenvalue weighted by Crippen LogP contribution is -2.30. The lowest BCUT2D eigenvalue weighted by Gasteiger charge is -2.13. The molecule has 0 fully saturated rings. The molecule has 1 unspecified atom stereocenters. The zero-order valence-electron chi connectivity index (χ0n) is 14.5. The molecule has 9 heteroatoms. The Morgan fingerprint density at radius 2 is 2.04 bits per heavy atom. The highest BCUT2D eigenvalue weighted by Crippen LogP contribution is 2.16. The van der Waals surface area contributed by atoms with E-state index >= 15 is 0 Å². The Hall–Kier alpha value is -3.75. The van der Waals surface area contributed by atoms with Crippen LogP contribution in [-0.4, -0.2) is 44.5 Å². The van der Waals surface area contributed by atoms with E-state index in [1.165, 1.54) is 19.6 Å². The maximum atomic E-state index is 12.3. The highest BCUT2D eigenvalue weighted by atomic mass is 16.5. The molecular formula is C18H17N5O4. The van der Waals surface area contributed by atoms with Gasteiger partial charge in [0.1, 0.15) is 24.2 Å². The zero-order chi connectivity index (χ0) is 19.2. The fourth-order valence-corrected chi connectivity index (χ4v) is 2.20. The van der Waals surface area contributed by atoms with Crippen LogP contribution in [0.3, 0.4) is 0 Å². The summed E-state index contributed by atoms with van der Waals surface area (Å²) in [6.07, 6.45) is 3.32. The highest BCUT2D eigenvalue weighted by Gasteiger charge is 2.20. The molecule has 1 aromatic carbocycles. The van der Waals surface area contributed by atoms with Crippen molar-refractivity contribution < 1.29 is 19.1 Å². The third-order valence-electron chi connectivity index (χ3n) is 3.58. The normalized spacial score (nSPS) is 11.6. The Kier molecular flexibility index (Phi) is 5.41. The van der Waals surface area contributed by atoms with Gasteiger partial charge in [0.2, 0.25) is 0 Å². The van der Waals surface area contributed by atoms with Crippen LogP contribution in [0.2, 0.25) is 0 Å².